The smallest absolute Gasteiger partial charge is 0.251 e. The molecule has 0 radical (unpaired) electrons. The van der Waals surface area contributed by atoms with Crippen molar-refractivity contribution >= 4 is 5.91 Å². The van der Waals surface area contributed by atoms with E-state index >= 15 is 0 Å². The van der Waals surface area contributed by atoms with Crippen LogP contribution >= 0.6 is 0 Å². The summed E-state index contributed by atoms with van der Waals surface area (Å²) in [6.07, 6.45) is 1.47. The predicted molar refractivity (Wildman–Crippen MR) is 62.5 cm³/mol. The molecule has 5 nitrogen and oxygen atoms in total. The van der Waals surface area contributed by atoms with Crippen molar-refractivity contribution in [3.05, 3.63) is 34.2 Å². The predicted octanol–water partition coefficient (Wildman–Crippen LogP) is -0.0398. The molecule has 1 atom stereocenters. The molecular formula is C11H17N3O2. The summed E-state index contributed by atoms with van der Waals surface area (Å²) in [6.45, 7) is 3.47. The molecule has 1 rings (SSSR count). The molecule has 0 aliphatic heterocycles. The van der Waals surface area contributed by atoms with Crippen LogP contribution in [0.15, 0.2) is 23.1 Å². The first-order chi connectivity index (χ1) is 7.63. The maximum Gasteiger partial charge on any atom is 0.251 e. The number of amides is 1. The van der Waals surface area contributed by atoms with Crippen LogP contribution in [0.3, 0.4) is 0 Å². The van der Waals surface area contributed by atoms with Gasteiger partial charge < -0.3 is 15.6 Å². The molecule has 0 saturated heterocycles. The summed E-state index contributed by atoms with van der Waals surface area (Å²) in [7, 11) is 1.87. The normalized spacial score (nSPS) is 12.1. The highest BCUT2D eigenvalue weighted by molar-refractivity contribution is 5.93. The third-order valence-electron chi connectivity index (χ3n) is 2.20. The van der Waals surface area contributed by atoms with Gasteiger partial charge in [-0.2, -0.15) is 0 Å². The van der Waals surface area contributed by atoms with Crippen LogP contribution in [0.25, 0.3) is 0 Å². The summed E-state index contributed by atoms with van der Waals surface area (Å²) in [5.41, 5.74) is 0.122. The van der Waals surface area contributed by atoms with Crippen molar-refractivity contribution in [1.29, 1.82) is 0 Å². The largest absolute Gasteiger partial charge is 0.352 e. The third-order valence-corrected chi connectivity index (χ3v) is 2.20. The summed E-state index contributed by atoms with van der Waals surface area (Å²) < 4.78 is 0. The average molecular weight is 223 g/mol. The molecule has 1 aromatic heterocycles. The molecule has 16 heavy (non-hydrogen) atoms. The number of hydrogen-bond acceptors (Lipinski definition) is 3. The zero-order valence-corrected chi connectivity index (χ0v) is 9.54. The van der Waals surface area contributed by atoms with Gasteiger partial charge in [-0.1, -0.05) is 6.92 Å². The lowest BCUT2D eigenvalue weighted by Gasteiger charge is -2.11. The second kappa shape index (κ2) is 6.07. The summed E-state index contributed by atoms with van der Waals surface area (Å²) in [5, 5.41) is 5.81. The lowest BCUT2D eigenvalue weighted by molar-refractivity contribution is 0.0948. The van der Waals surface area contributed by atoms with E-state index in [1.165, 1.54) is 12.3 Å². The molecule has 1 aromatic rings. The quantitative estimate of drug-likeness (QED) is 0.655. The molecule has 5 heteroatoms. The number of pyridine rings is 1. The molecule has 0 bridgehead atoms. The van der Waals surface area contributed by atoms with Crippen LogP contribution in [0.5, 0.6) is 0 Å². The molecule has 0 spiro atoms. The Morgan fingerprint density at radius 3 is 2.88 bits per heavy atom. The van der Waals surface area contributed by atoms with Crippen LogP contribution in [0.2, 0.25) is 0 Å². The van der Waals surface area contributed by atoms with Crippen molar-refractivity contribution in [1.82, 2.24) is 15.6 Å². The van der Waals surface area contributed by atoms with Crippen LogP contribution in [0, 0.1) is 5.92 Å². The summed E-state index contributed by atoms with van der Waals surface area (Å²) in [5.74, 6) is 0.144. The second-order valence-electron chi connectivity index (χ2n) is 3.81. The monoisotopic (exact) mass is 223 g/mol. The standard InChI is InChI=1S/C11H17N3O2/c1-8(6-12-2)7-14-11(16)9-3-4-13-10(15)5-9/h3-5,8,12H,6-7H2,1-2H3,(H,13,15)(H,14,16). The number of hydrogen-bond donors (Lipinski definition) is 3. The molecule has 0 aromatic carbocycles. The number of nitrogens with one attached hydrogen (secondary N) is 3. The molecule has 0 aliphatic carbocycles. The molecular weight excluding hydrogens is 206 g/mol. The topological polar surface area (TPSA) is 74.0 Å². The Bertz CT molecular complexity index is 400. The molecule has 0 fully saturated rings. The van der Waals surface area contributed by atoms with Gasteiger partial charge in [-0.3, -0.25) is 9.59 Å². The SMILES string of the molecule is CNCC(C)CNC(=O)c1cc[nH]c(=O)c1. The van der Waals surface area contributed by atoms with Crippen molar-refractivity contribution < 1.29 is 4.79 Å². The van der Waals surface area contributed by atoms with Crippen LogP contribution in [0.4, 0.5) is 0 Å². The van der Waals surface area contributed by atoms with Crippen LogP contribution in [-0.2, 0) is 0 Å². The molecule has 3 N–H and O–H groups in total. The average Bonchev–Trinajstić information content (AvgIpc) is 2.26. The Hall–Kier alpha value is -1.62. The molecule has 0 aliphatic rings. The fraction of sp³-hybridized carbons (Fsp3) is 0.455. The number of aromatic nitrogens is 1. The van der Waals surface area contributed by atoms with Gasteiger partial charge >= 0.3 is 0 Å². The Morgan fingerprint density at radius 2 is 2.25 bits per heavy atom. The third kappa shape index (κ3) is 3.86. The molecule has 0 saturated carbocycles. The minimum atomic E-state index is -0.268. The lowest BCUT2D eigenvalue weighted by atomic mass is 10.1. The first-order valence-electron chi connectivity index (χ1n) is 5.25. The second-order valence-corrected chi connectivity index (χ2v) is 3.81. The van der Waals surface area contributed by atoms with Gasteiger partial charge in [0.1, 0.15) is 0 Å². The van der Waals surface area contributed by atoms with Crippen LogP contribution < -0.4 is 16.2 Å². The number of carbonyl (C=O) groups is 1. The van der Waals surface area contributed by atoms with Gasteiger partial charge in [-0.05, 0) is 25.6 Å². The summed E-state index contributed by atoms with van der Waals surface area (Å²) >= 11 is 0. The Balaban J connectivity index is 2.50. The minimum Gasteiger partial charge on any atom is -0.352 e. The molecule has 1 unspecified atom stereocenters. The van der Waals surface area contributed by atoms with Gasteiger partial charge in [0, 0.05) is 24.4 Å². The van der Waals surface area contributed by atoms with Gasteiger partial charge in [-0.25, -0.2) is 0 Å². The van der Waals surface area contributed by atoms with E-state index < -0.39 is 0 Å². The highest BCUT2D eigenvalue weighted by Crippen LogP contribution is 1.94. The van der Waals surface area contributed by atoms with E-state index in [1.807, 2.05) is 14.0 Å². The van der Waals surface area contributed by atoms with Gasteiger partial charge in [0.15, 0.2) is 0 Å². The first-order valence-corrected chi connectivity index (χ1v) is 5.25. The minimum absolute atomic E-state index is 0.214. The van der Waals surface area contributed by atoms with Crippen molar-refractivity contribution in [3.63, 3.8) is 0 Å². The number of carbonyl (C=O) groups excluding carboxylic acids is 1. The maximum absolute atomic E-state index is 11.6. The van der Waals surface area contributed by atoms with E-state index in [-0.39, 0.29) is 11.5 Å². The number of aromatic amines is 1. The highest BCUT2D eigenvalue weighted by Gasteiger charge is 2.07. The Kier molecular flexibility index (Phi) is 4.72. The zero-order valence-electron chi connectivity index (χ0n) is 9.54. The van der Waals surface area contributed by atoms with E-state index in [4.69, 9.17) is 0 Å². The van der Waals surface area contributed by atoms with Crippen molar-refractivity contribution in [3.8, 4) is 0 Å². The van der Waals surface area contributed by atoms with E-state index in [2.05, 4.69) is 15.6 Å². The van der Waals surface area contributed by atoms with E-state index in [0.29, 0.717) is 18.0 Å². The van der Waals surface area contributed by atoms with E-state index in [0.717, 1.165) is 6.54 Å². The zero-order chi connectivity index (χ0) is 12.0. The highest BCUT2D eigenvalue weighted by atomic mass is 16.2. The summed E-state index contributed by atoms with van der Waals surface area (Å²) in [6, 6.07) is 2.87. The van der Waals surface area contributed by atoms with Crippen LogP contribution in [0.1, 0.15) is 17.3 Å². The van der Waals surface area contributed by atoms with Crippen molar-refractivity contribution in [2.24, 2.45) is 5.92 Å². The van der Waals surface area contributed by atoms with Gasteiger partial charge in [0.25, 0.3) is 5.91 Å². The van der Waals surface area contributed by atoms with Gasteiger partial charge in [-0.15, -0.1) is 0 Å². The summed E-state index contributed by atoms with van der Waals surface area (Å²) in [4.78, 5) is 25.1. The fourth-order valence-corrected chi connectivity index (χ4v) is 1.38. The number of rotatable bonds is 5. The van der Waals surface area contributed by atoms with Gasteiger partial charge in [0.05, 0.1) is 0 Å². The fourth-order valence-electron chi connectivity index (χ4n) is 1.38. The van der Waals surface area contributed by atoms with E-state index in [9.17, 15) is 9.59 Å². The van der Waals surface area contributed by atoms with Crippen LogP contribution in [-0.4, -0.2) is 31.0 Å². The lowest BCUT2D eigenvalue weighted by Crippen LogP contribution is -2.32. The van der Waals surface area contributed by atoms with Gasteiger partial charge in [0.2, 0.25) is 5.56 Å². The molecule has 1 amide bonds. The molecule has 1 heterocycles. The first kappa shape index (κ1) is 12.4. The van der Waals surface area contributed by atoms with E-state index in [1.54, 1.807) is 6.07 Å². The Labute approximate surface area is 94.3 Å². The van der Waals surface area contributed by atoms with Crippen molar-refractivity contribution in [2.75, 3.05) is 20.1 Å². The Morgan fingerprint density at radius 1 is 1.50 bits per heavy atom. The molecule has 88 valence electrons. The maximum atomic E-state index is 11.6. The van der Waals surface area contributed by atoms with Crippen molar-refractivity contribution in [2.45, 2.75) is 6.92 Å². The number of H-pyrrole nitrogens is 1.